The van der Waals surface area contributed by atoms with Crippen LogP contribution in [0.15, 0.2) is 59.7 Å². The molecule has 2 aromatic carbocycles. The average molecular weight is 377 g/mol. The van der Waals surface area contributed by atoms with Gasteiger partial charge >= 0.3 is 0 Å². The number of carbonyl (C=O) groups excluding carboxylic acids is 1. The molecule has 1 heterocycles. The average Bonchev–Trinajstić information content (AvgIpc) is 3.06. The van der Waals surface area contributed by atoms with E-state index in [0.717, 1.165) is 17.1 Å². The van der Waals surface area contributed by atoms with Crippen molar-refractivity contribution in [3.63, 3.8) is 0 Å². The van der Waals surface area contributed by atoms with Crippen molar-refractivity contribution in [2.75, 3.05) is 14.2 Å². The minimum absolute atomic E-state index is 0.286. The fourth-order valence-corrected chi connectivity index (χ4v) is 3.00. The zero-order valence-electron chi connectivity index (χ0n) is 16.4. The second kappa shape index (κ2) is 8.43. The van der Waals surface area contributed by atoms with Crippen molar-refractivity contribution in [3.8, 4) is 17.2 Å². The van der Waals surface area contributed by atoms with Crippen LogP contribution in [0.2, 0.25) is 0 Å². The Morgan fingerprint density at radius 3 is 2.25 bits per heavy atom. The molecule has 28 heavy (non-hydrogen) atoms. The van der Waals surface area contributed by atoms with Crippen molar-refractivity contribution < 1.29 is 14.3 Å². The van der Waals surface area contributed by atoms with Crippen LogP contribution in [0.4, 0.5) is 0 Å². The summed E-state index contributed by atoms with van der Waals surface area (Å²) in [5.74, 6) is 1.03. The lowest BCUT2D eigenvalue weighted by atomic mass is 10.2. The van der Waals surface area contributed by atoms with Crippen LogP contribution < -0.4 is 14.9 Å². The van der Waals surface area contributed by atoms with Gasteiger partial charge in [0.1, 0.15) is 11.5 Å². The Balaban J connectivity index is 1.71. The molecular formula is C22H23N3O3. The number of nitrogens with one attached hydrogen (secondary N) is 1. The van der Waals surface area contributed by atoms with Crippen LogP contribution in [0.5, 0.6) is 11.5 Å². The van der Waals surface area contributed by atoms with Gasteiger partial charge in [-0.25, -0.2) is 5.43 Å². The molecule has 0 bridgehead atoms. The lowest BCUT2D eigenvalue weighted by molar-refractivity contribution is 0.0955. The molecule has 0 atom stereocenters. The van der Waals surface area contributed by atoms with Gasteiger partial charge in [0.15, 0.2) is 0 Å². The number of ether oxygens (including phenoxy) is 2. The van der Waals surface area contributed by atoms with Crippen LogP contribution in [-0.4, -0.2) is 30.9 Å². The fraction of sp³-hybridized carbons (Fsp3) is 0.182. The summed E-state index contributed by atoms with van der Waals surface area (Å²) in [6.45, 7) is 4.10. The molecule has 1 amide bonds. The fourth-order valence-electron chi connectivity index (χ4n) is 3.00. The van der Waals surface area contributed by atoms with Crippen LogP contribution in [0.1, 0.15) is 27.3 Å². The molecule has 0 spiro atoms. The van der Waals surface area contributed by atoms with E-state index in [9.17, 15) is 4.79 Å². The number of aromatic nitrogens is 1. The molecule has 0 saturated heterocycles. The van der Waals surface area contributed by atoms with E-state index in [0.29, 0.717) is 22.6 Å². The molecule has 3 rings (SSSR count). The molecule has 0 aliphatic carbocycles. The SMILES string of the molecule is COc1ccc(OC)c(/C=N\NC(=O)c2ccc(-n3c(C)ccc3C)cc2)c1. The third-order valence-electron chi connectivity index (χ3n) is 4.47. The summed E-state index contributed by atoms with van der Waals surface area (Å²) in [5, 5.41) is 4.04. The molecule has 0 saturated carbocycles. The van der Waals surface area contributed by atoms with Crippen LogP contribution in [0, 0.1) is 13.8 Å². The standard InChI is InChI=1S/C22H23N3O3/c1-15-5-6-16(2)25(15)19-9-7-17(8-10-19)22(26)24-23-14-18-13-20(27-3)11-12-21(18)28-4/h5-14H,1-4H3,(H,24,26)/b23-14-. The maximum atomic E-state index is 12.4. The Hall–Kier alpha value is -3.54. The van der Waals surface area contributed by atoms with Crippen LogP contribution >= 0.6 is 0 Å². The van der Waals surface area contributed by atoms with Crippen LogP contribution in [0.25, 0.3) is 5.69 Å². The number of hydrogen-bond acceptors (Lipinski definition) is 4. The largest absolute Gasteiger partial charge is 0.497 e. The summed E-state index contributed by atoms with van der Waals surface area (Å²) in [6, 6.07) is 16.9. The topological polar surface area (TPSA) is 64.8 Å². The number of rotatable bonds is 6. The van der Waals surface area contributed by atoms with E-state index in [1.165, 1.54) is 6.21 Å². The van der Waals surface area contributed by atoms with Gasteiger partial charge in [-0.15, -0.1) is 0 Å². The number of hydrazone groups is 1. The van der Waals surface area contributed by atoms with Crippen molar-refractivity contribution >= 4 is 12.1 Å². The first-order chi connectivity index (χ1) is 13.5. The van der Waals surface area contributed by atoms with E-state index in [-0.39, 0.29) is 5.91 Å². The Kier molecular flexibility index (Phi) is 5.79. The molecule has 144 valence electrons. The summed E-state index contributed by atoms with van der Waals surface area (Å²) < 4.78 is 12.6. The first kappa shape index (κ1) is 19.2. The Bertz CT molecular complexity index is 985. The maximum absolute atomic E-state index is 12.4. The van der Waals surface area contributed by atoms with E-state index >= 15 is 0 Å². The Labute approximate surface area is 164 Å². The van der Waals surface area contributed by atoms with E-state index < -0.39 is 0 Å². The number of aryl methyl sites for hydroxylation is 2. The number of carbonyl (C=O) groups is 1. The highest BCUT2D eigenvalue weighted by atomic mass is 16.5. The molecule has 0 aliphatic heterocycles. The number of benzene rings is 2. The van der Waals surface area contributed by atoms with Gasteiger partial charge in [0.2, 0.25) is 0 Å². The Morgan fingerprint density at radius 2 is 1.64 bits per heavy atom. The van der Waals surface area contributed by atoms with Crippen molar-refractivity contribution in [1.82, 2.24) is 9.99 Å². The van der Waals surface area contributed by atoms with Crippen molar-refractivity contribution in [1.29, 1.82) is 0 Å². The lowest BCUT2D eigenvalue weighted by Gasteiger charge is -2.10. The zero-order chi connectivity index (χ0) is 20.1. The summed E-state index contributed by atoms with van der Waals surface area (Å²) in [6.07, 6.45) is 1.53. The minimum Gasteiger partial charge on any atom is -0.497 e. The van der Waals surface area contributed by atoms with Crippen LogP contribution in [-0.2, 0) is 0 Å². The predicted octanol–water partition coefficient (Wildman–Crippen LogP) is 3.88. The van der Waals surface area contributed by atoms with Crippen molar-refractivity contribution in [2.24, 2.45) is 5.10 Å². The number of hydrogen-bond donors (Lipinski definition) is 1. The first-order valence-corrected chi connectivity index (χ1v) is 8.84. The quantitative estimate of drug-likeness (QED) is 0.524. The van der Waals surface area contributed by atoms with E-state index in [4.69, 9.17) is 9.47 Å². The van der Waals surface area contributed by atoms with Crippen molar-refractivity contribution in [3.05, 3.63) is 77.1 Å². The molecule has 0 aliphatic rings. The van der Waals surface area contributed by atoms with Gasteiger partial charge in [-0.3, -0.25) is 4.79 Å². The monoisotopic (exact) mass is 377 g/mol. The summed E-state index contributed by atoms with van der Waals surface area (Å²) in [5.41, 5.74) is 7.08. The highest BCUT2D eigenvalue weighted by molar-refractivity contribution is 5.95. The third-order valence-corrected chi connectivity index (χ3v) is 4.47. The predicted molar refractivity (Wildman–Crippen MR) is 110 cm³/mol. The summed E-state index contributed by atoms with van der Waals surface area (Å²) in [4.78, 5) is 12.4. The van der Waals surface area contributed by atoms with E-state index in [1.54, 1.807) is 44.6 Å². The van der Waals surface area contributed by atoms with Crippen LogP contribution in [0.3, 0.4) is 0 Å². The highest BCUT2D eigenvalue weighted by Crippen LogP contribution is 2.22. The van der Waals surface area contributed by atoms with Gasteiger partial charge in [0, 0.05) is 28.2 Å². The van der Waals surface area contributed by atoms with E-state index in [1.807, 2.05) is 12.1 Å². The van der Waals surface area contributed by atoms with Crippen molar-refractivity contribution in [2.45, 2.75) is 13.8 Å². The normalized spacial score (nSPS) is 10.9. The molecule has 0 radical (unpaired) electrons. The molecule has 1 N–H and O–H groups in total. The maximum Gasteiger partial charge on any atom is 0.271 e. The smallest absolute Gasteiger partial charge is 0.271 e. The molecule has 1 aromatic heterocycles. The molecule has 6 nitrogen and oxygen atoms in total. The van der Waals surface area contributed by atoms with E-state index in [2.05, 4.69) is 41.1 Å². The molecule has 0 unspecified atom stereocenters. The lowest BCUT2D eigenvalue weighted by Crippen LogP contribution is -2.17. The third kappa shape index (κ3) is 4.06. The number of nitrogens with zero attached hydrogens (tertiary/aromatic N) is 2. The molecule has 0 fully saturated rings. The number of amides is 1. The van der Waals surface area contributed by atoms with Gasteiger partial charge in [0.25, 0.3) is 5.91 Å². The van der Waals surface area contributed by atoms with Gasteiger partial charge < -0.3 is 14.0 Å². The van der Waals surface area contributed by atoms with Gasteiger partial charge in [0.05, 0.1) is 20.4 Å². The summed E-state index contributed by atoms with van der Waals surface area (Å²) in [7, 11) is 3.17. The first-order valence-electron chi connectivity index (χ1n) is 8.84. The second-order valence-corrected chi connectivity index (χ2v) is 6.31. The van der Waals surface area contributed by atoms with Gasteiger partial charge in [-0.2, -0.15) is 5.10 Å². The van der Waals surface area contributed by atoms with Gasteiger partial charge in [-0.1, -0.05) is 0 Å². The molecule has 6 heteroatoms. The van der Waals surface area contributed by atoms with Gasteiger partial charge in [-0.05, 0) is 68.4 Å². The summed E-state index contributed by atoms with van der Waals surface area (Å²) >= 11 is 0. The molecule has 3 aromatic rings. The minimum atomic E-state index is -0.286. The second-order valence-electron chi connectivity index (χ2n) is 6.31. The number of methoxy groups -OCH3 is 2. The highest BCUT2D eigenvalue weighted by Gasteiger charge is 2.08. The zero-order valence-corrected chi connectivity index (χ0v) is 16.4. The molecular weight excluding hydrogens is 354 g/mol. The Morgan fingerprint density at radius 1 is 0.964 bits per heavy atom.